The molecular weight excluding hydrogens is 394 g/mol. The molecule has 1 aromatic heterocycles. The van der Waals surface area contributed by atoms with Crippen molar-refractivity contribution in [3.63, 3.8) is 0 Å². The molecule has 3 aliphatic rings. The van der Waals surface area contributed by atoms with E-state index in [1.54, 1.807) is 0 Å². The predicted octanol–water partition coefficient (Wildman–Crippen LogP) is 4.36. The van der Waals surface area contributed by atoms with Crippen LogP contribution in [0.25, 0.3) is 5.57 Å². The zero-order valence-corrected chi connectivity index (χ0v) is 18.2. The van der Waals surface area contributed by atoms with Crippen LogP contribution in [0.1, 0.15) is 37.5 Å². The van der Waals surface area contributed by atoms with E-state index in [0.29, 0.717) is 22.9 Å². The maximum atomic E-state index is 13.5. The third-order valence-corrected chi connectivity index (χ3v) is 7.39. The summed E-state index contributed by atoms with van der Waals surface area (Å²) in [6, 6.07) is 11.8. The van der Waals surface area contributed by atoms with Crippen molar-refractivity contribution in [3.8, 4) is 0 Å². The van der Waals surface area contributed by atoms with Crippen molar-refractivity contribution in [2.24, 2.45) is 5.92 Å². The molecule has 5 rings (SSSR count). The van der Waals surface area contributed by atoms with Crippen molar-refractivity contribution in [1.82, 2.24) is 4.90 Å². The number of hydrogen-bond acceptors (Lipinski definition) is 5. The van der Waals surface area contributed by atoms with E-state index >= 15 is 0 Å². The fourth-order valence-electron chi connectivity index (χ4n) is 4.71. The van der Waals surface area contributed by atoms with Gasteiger partial charge in [-0.1, -0.05) is 13.0 Å². The lowest BCUT2D eigenvalue weighted by Crippen LogP contribution is -2.38. The molecule has 0 unspecified atom stereocenters. The summed E-state index contributed by atoms with van der Waals surface area (Å²) in [5, 5.41) is 1.96. The summed E-state index contributed by atoms with van der Waals surface area (Å²) in [5.74, 6) is 0.269. The molecule has 0 spiro atoms. The Morgan fingerprint density at radius 2 is 1.50 bits per heavy atom. The van der Waals surface area contributed by atoms with Crippen LogP contribution < -0.4 is 9.80 Å². The Kier molecular flexibility index (Phi) is 5.11. The molecule has 0 atom stereocenters. The molecule has 0 radical (unpaired) electrons. The Balaban J connectivity index is 1.48. The zero-order chi connectivity index (χ0) is 20.7. The smallest absolute Gasteiger partial charge is 0.282 e. The summed E-state index contributed by atoms with van der Waals surface area (Å²) in [6.07, 6.45) is 4.54. The molecule has 0 N–H and O–H groups in total. The average molecular weight is 422 g/mol. The van der Waals surface area contributed by atoms with Crippen LogP contribution in [0.2, 0.25) is 0 Å². The van der Waals surface area contributed by atoms with Crippen LogP contribution in [0.5, 0.6) is 0 Å². The lowest BCUT2D eigenvalue weighted by atomic mass is 9.98. The van der Waals surface area contributed by atoms with E-state index in [9.17, 15) is 9.59 Å². The van der Waals surface area contributed by atoms with E-state index in [1.165, 1.54) is 29.1 Å². The zero-order valence-electron chi connectivity index (χ0n) is 17.3. The number of imide groups is 1. The predicted molar refractivity (Wildman–Crippen MR) is 122 cm³/mol. The van der Waals surface area contributed by atoms with Gasteiger partial charge in [-0.25, -0.2) is 4.90 Å². The fourth-order valence-corrected chi connectivity index (χ4v) is 5.47. The second kappa shape index (κ2) is 7.91. The van der Waals surface area contributed by atoms with Gasteiger partial charge in [-0.15, -0.1) is 11.3 Å². The summed E-state index contributed by atoms with van der Waals surface area (Å²) in [6.45, 7) is 6.05. The van der Waals surface area contributed by atoms with Gasteiger partial charge in [0.25, 0.3) is 11.8 Å². The largest absolute Gasteiger partial charge is 0.372 e. The first-order chi connectivity index (χ1) is 14.6. The van der Waals surface area contributed by atoms with Gasteiger partial charge >= 0.3 is 0 Å². The summed E-state index contributed by atoms with van der Waals surface area (Å²) in [5.41, 5.74) is 2.96. The highest BCUT2D eigenvalue weighted by atomic mass is 32.1. The van der Waals surface area contributed by atoms with Gasteiger partial charge in [0.15, 0.2) is 0 Å². The van der Waals surface area contributed by atoms with Gasteiger partial charge in [0.1, 0.15) is 5.70 Å². The topological polar surface area (TPSA) is 43.9 Å². The van der Waals surface area contributed by atoms with Crippen LogP contribution in [0.15, 0.2) is 47.5 Å². The molecule has 5 nitrogen and oxygen atoms in total. The molecule has 4 heterocycles. The van der Waals surface area contributed by atoms with E-state index in [2.05, 4.69) is 16.7 Å². The van der Waals surface area contributed by atoms with Gasteiger partial charge in [-0.3, -0.25) is 9.59 Å². The highest BCUT2D eigenvalue weighted by Gasteiger charge is 2.43. The monoisotopic (exact) mass is 421 g/mol. The number of rotatable bonds is 4. The molecule has 2 fully saturated rings. The Bertz CT molecular complexity index is 966. The summed E-state index contributed by atoms with van der Waals surface area (Å²) in [7, 11) is 0. The van der Waals surface area contributed by atoms with Gasteiger partial charge < -0.3 is 9.80 Å². The number of amides is 2. The first-order valence-corrected chi connectivity index (χ1v) is 11.8. The second-order valence-corrected chi connectivity index (χ2v) is 9.47. The first kappa shape index (κ1) is 19.4. The molecule has 2 saturated heterocycles. The summed E-state index contributed by atoms with van der Waals surface area (Å²) in [4.78, 5) is 33.8. The first-order valence-electron chi connectivity index (χ1n) is 10.9. The van der Waals surface area contributed by atoms with Crippen molar-refractivity contribution in [1.29, 1.82) is 0 Å². The highest BCUT2D eigenvalue weighted by Crippen LogP contribution is 2.38. The van der Waals surface area contributed by atoms with E-state index in [0.717, 1.165) is 49.6 Å². The quantitative estimate of drug-likeness (QED) is 0.688. The van der Waals surface area contributed by atoms with E-state index in [1.807, 2.05) is 41.8 Å². The van der Waals surface area contributed by atoms with E-state index in [-0.39, 0.29) is 11.8 Å². The Morgan fingerprint density at radius 1 is 0.833 bits per heavy atom. The van der Waals surface area contributed by atoms with Gasteiger partial charge in [0.05, 0.1) is 11.3 Å². The average Bonchev–Trinajstić information content (AvgIpc) is 3.51. The number of benzene rings is 1. The SMILES string of the molecule is CC1CCN(C2=C(c3cccs3)C(=O)N(c3ccc(N4CCCC4)cc3)C2=O)CC1. The van der Waals surface area contributed by atoms with Crippen molar-refractivity contribution in [3.05, 3.63) is 52.4 Å². The summed E-state index contributed by atoms with van der Waals surface area (Å²) < 4.78 is 0. The number of carbonyl (C=O) groups is 2. The summed E-state index contributed by atoms with van der Waals surface area (Å²) >= 11 is 1.52. The lowest BCUT2D eigenvalue weighted by Gasteiger charge is -2.32. The van der Waals surface area contributed by atoms with E-state index in [4.69, 9.17) is 0 Å². The molecule has 0 aliphatic carbocycles. The molecule has 6 heteroatoms. The number of piperidine rings is 1. The third-order valence-electron chi connectivity index (χ3n) is 6.51. The van der Waals surface area contributed by atoms with Crippen molar-refractivity contribution in [2.75, 3.05) is 36.0 Å². The fraction of sp³-hybridized carbons (Fsp3) is 0.417. The number of hydrogen-bond donors (Lipinski definition) is 0. The van der Waals surface area contributed by atoms with Crippen molar-refractivity contribution < 1.29 is 9.59 Å². The minimum atomic E-state index is -0.204. The molecular formula is C24H27N3O2S. The maximum Gasteiger partial charge on any atom is 0.282 e. The number of likely N-dealkylation sites (tertiary alicyclic amines) is 1. The number of carbonyl (C=O) groups excluding carboxylic acids is 2. The van der Waals surface area contributed by atoms with Crippen LogP contribution in [-0.4, -0.2) is 42.9 Å². The Labute approximate surface area is 181 Å². The molecule has 1 aromatic carbocycles. The molecule has 3 aliphatic heterocycles. The minimum Gasteiger partial charge on any atom is -0.372 e. The van der Waals surface area contributed by atoms with E-state index < -0.39 is 0 Å². The van der Waals surface area contributed by atoms with Gasteiger partial charge in [-0.05, 0) is 67.3 Å². The highest BCUT2D eigenvalue weighted by molar-refractivity contribution is 7.11. The van der Waals surface area contributed by atoms with Gasteiger partial charge in [0, 0.05) is 36.7 Å². The number of nitrogens with zero attached hydrogens (tertiary/aromatic N) is 3. The molecule has 30 heavy (non-hydrogen) atoms. The van der Waals surface area contributed by atoms with Gasteiger partial charge in [-0.2, -0.15) is 0 Å². The molecule has 0 saturated carbocycles. The Hall–Kier alpha value is -2.60. The minimum absolute atomic E-state index is 0.188. The molecule has 156 valence electrons. The van der Waals surface area contributed by atoms with Crippen LogP contribution in [0.4, 0.5) is 11.4 Å². The van der Waals surface area contributed by atoms with Crippen LogP contribution in [0, 0.1) is 5.92 Å². The standard InChI is InChI=1S/C24H27N3O2S/c1-17-10-14-26(15-11-17)22-21(20-5-4-16-30-20)23(28)27(24(22)29)19-8-6-18(7-9-19)25-12-2-3-13-25/h4-9,16-17H,2-3,10-15H2,1H3. The molecule has 2 amide bonds. The third kappa shape index (κ3) is 3.33. The lowest BCUT2D eigenvalue weighted by molar-refractivity contribution is -0.120. The number of thiophene rings is 1. The van der Waals surface area contributed by atoms with Crippen molar-refractivity contribution >= 4 is 40.1 Å². The maximum absolute atomic E-state index is 13.5. The molecule has 0 bridgehead atoms. The van der Waals surface area contributed by atoms with Crippen LogP contribution in [-0.2, 0) is 9.59 Å². The normalized spacial score (nSPS) is 20.8. The Morgan fingerprint density at radius 3 is 2.13 bits per heavy atom. The second-order valence-electron chi connectivity index (χ2n) is 8.53. The van der Waals surface area contributed by atoms with Gasteiger partial charge in [0.2, 0.25) is 0 Å². The van der Waals surface area contributed by atoms with Crippen LogP contribution in [0.3, 0.4) is 0 Å². The molecule has 2 aromatic rings. The number of anilines is 2. The van der Waals surface area contributed by atoms with Crippen molar-refractivity contribution in [2.45, 2.75) is 32.6 Å². The van der Waals surface area contributed by atoms with Crippen LogP contribution >= 0.6 is 11.3 Å².